The number of hydrogen-bond donors (Lipinski definition) is 1. The molecule has 2 rings (SSSR count). The molecule has 1 heterocycles. The van der Waals surface area contributed by atoms with Gasteiger partial charge < -0.3 is 10.1 Å². The van der Waals surface area contributed by atoms with Crippen LogP contribution in [0, 0.1) is 0 Å². The lowest BCUT2D eigenvalue weighted by atomic mass is 10.3. The maximum atomic E-state index is 11.6. The summed E-state index contributed by atoms with van der Waals surface area (Å²) in [7, 11) is 0. The third-order valence-electron chi connectivity index (χ3n) is 2.84. The summed E-state index contributed by atoms with van der Waals surface area (Å²) in [6.45, 7) is 1.15. The summed E-state index contributed by atoms with van der Waals surface area (Å²) in [5, 5.41) is 2.76. The van der Waals surface area contributed by atoms with E-state index in [1.165, 1.54) is 16.7 Å². The van der Waals surface area contributed by atoms with Crippen molar-refractivity contribution in [2.24, 2.45) is 0 Å². The molecule has 1 aromatic rings. The number of para-hydroxylation sites is 1. The highest BCUT2D eigenvalue weighted by molar-refractivity contribution is 8.23. The predicted octanol–water partition coefficient (Wildman–Crippen LogP) is 1.43. The number of thioether (sulfide) groups is 1. The maximum absolute atomic E-state index is 11.6. The van der Waals surface area contributed by atoms with E-state index in [2.05, 4.69) is 5.32 Å². The van der Waals surface area contributed by atoms with Crippen molar-refractivity contribution in [3.05, 3.63) is 30.3 Å². The molecule has 1 fully saturated rings. The first-order valence-corrected chi connectivity index (χ1v) is 7.98. The van der Waals surface area contributed by atoms with Gasteiger partial charge in [-0.15, -0.1) is 0 Å². The number of carbonyl (C=O) groups excluding carboxylic acids is 2. The van der Waals surface area contributed by atoms with Crippen LogP contribution in [0.3, 0.4) is 0 Å². The second-order valence-electron chi connectivity index (χ2n) is 4.36. The molecule has 0 radical (unpaired) electrons. The molecule has 1 N–H and O–H groups in total. The fourth-order valence-corrected chi connectivity index (χ4v) is 2.89. The molecule has 112 valence electrons. The van der Waals surface area contributed by atoms with Gasteiger partial charge in [-0.25, -0.2) is 0 Å². The fraction of sp³-hybridized carbons (Fsp3) is 0.357. The van der Waals surface area contributed by atoms with Crippen LogP contribution in [0.25, 0.3) is 0 Å². The summed E-state index contributed by atoms with van der Waals surface area (Å²) in [6.07, 6.45) is 0.280. The van der Waals surface area contributed by atoms with Crippen LogP contribution in [0.4, 0.5) is 0 Å². The number of hydrogen-bond acceptors (Lipinski definition) is 5. The minimum atomic E-state index is -0.101. The lowest BCUT2D eigenvalue weighted by molar-refractivity contribution is -0.125. The summed E-state index contributed by atoms with van der Waals surface area (Å²) >= 11 is 6.41. The molecule has 1 aliphatic heterocycles. The number of benzene rings is 1. The quantitative estimate of drug-likeness (QED) is 0.769. The van der Waals surface area contributed by atoms with Gasteiger partial charge in [0, 0.05) is 13.1 Å². The van der Waals surface area contributed by atoms with E-state index in [-0.39, 0.29) is 18.2 Å². The summed E-state index contributed by atoms with van der Waals surface area (Å²) in [5.41, 5.74) is 0. The van der Waals surface area contributed by atoms with Crippen LogP contribution in [0.15, 0.2) is 30.3 Å². The Labute approximate surface area is 133 Å². The molecule has 0 saturated carbocycles. The highest BCUT2D eigenvalue weighted by Crippen LogP contribution is 2.18. The maximum Gasteiger partial charge on any atom is 0.238 e. The summed E-state index contributed by atoms with van der Waals surface area (Å²) in [4.78, 5) is 24.6. The molecular weight excluding hydrogens is 308 g/mol. The van der Waals surface area contributed by atoms with Crippen LogP contribution in [0.1, 0.15) is 6.42 Å². The summed E-state index contributed by atoms with van der Waals surface area (Å²) in [5.74, 6) is 1.05. The van der Waals surface area contributed by atoms with Gasteiger partial charge in [0.1, 0.15) is 10.1 Å². The lowest BCUT2D eigenvalue weighted by Crippen LogP contribution is -2.37. The molecule has 5 nitrogen and oxygen atoms in total. The number of nitrogens with one attached hydrogen (secondary N) is 1. The number of nitrogens with zero attached hydrogens (tertiary/aromatic N) is 1. The summed E-state index contributed by atoms with van der Waals surface area (Å²) in [6, 6.07) is 9.35. The van der Waals surface area contributed by atoms with Gasteiger partial charge in [0.2, 0.25) is 11.8 Å². The standard InChI is InChI=1S/C14H16N2O3S2/c17-12(6-9-19-11-4-2-1-3-5-11)15-7-8-16-13(18)10-21-14(16)20/h1-5H,6-10H2,(H,15,17). The first kappa shape index (κ1) is 15.8. The van der Waals surface area contributed by atoms with E-state index in [1.54, 1.807) is 0 Å². The van der Waals surface area contributed by atoms with Crippen molar-refractivity contribution < 1.29 is 14.3 Å². The number of carbonyl (C=O) groups is 2. The van der Waals surface area contributed by atoms with Crippen LogP contribution in [-0.4, -0.2) is 46.5 Å². The van der Waals surface area contributed by atoms with Crippen LogP contribution < -0.4 is 10.1 Å². The fourth-order valence-electron chi connectivity index (χ4n) is 1.77. The van der Waals surface area contributed by atoms with Crippen molar-refractivity contribution in [2.75, 3.05) is 25.4 Å². The SMILES string of the molecule is O=C(CCOc1ccccc1)NCCN1C(=O)CSC1=S. The van der Waals surface area contributed by atoms with Gasteiger partial charge in [0.15, 0.2) is 0 Å². The molecule has 1 saturated heterocycles. The number of rotatable bonds is 7. The van der Waals surface area contributed by atoms with Gasteiger partial charge in [-0.05, 0) is 12.1 Å². The average molecular weight is 324 g/mol. The third-order valence-corrected chi connectivity index (χ3v) is 4.27. The van der Waals surface area contributed by atoms with Crippen molar-refractivity contribution in [1.82, 2.24) is 10.2 Å². The molecule has 1 aromatic carbocycles. The predicted molar refractivity (Wildman–Crippen MR) is 86.3 cm³/mol. The van der Waals surface area contributed by atoms with Crippen molar-refractivity contribution in [1.29, 1.82) is 0 Å². The molecule has 0 aromatic heterocycles. The highest BCUT2D eigenvalue weighted by Gasteiger charge is 2.25. The molecule has 0 unspecified atom stereocenters. The third kappa shape index (κ3) is 5.02. The monoisotopic (exact) mass is 324 g/mol. The lowest BCUT2D eigenvalue weighted by Gasteiger charge is -2.15. The number of thiocarbonyl (C=S) groups is 1. The van der Waals surface area contributed by atoms with E-state index in [0.29, 0.717) is 29.8 Å². The normalized spacial score (nSPS) is 14.4. The number of ether oxygens (including phenoxy) is 1. The first-order valence-electron chi connectivity index (χ1n) is 6.58. The zero-order valence-electron chi connectivity index (χ0n) is 11.4. The zero-order chi connectivity index (χ0) is 15.1. The molecule has 7 heteroatoms. The van der Waals surface area contributed by atoms with Crippen LogP contribution in [0.2, 0.25) is 0 Å². The topological polar surface area (TPSA) is 58.6 Å². The Morgan fingerprint density at radius 2 is 2.14 bits per heavy atom. The zero-order valence-corrected chi connectivity index (χ0v) is 13.0. The van der Waals surface area contributed by atoms with Crippen molar-refractivity contribution >= 4 is 40.1 Å². The molecule has 2 amide bonds. The Morgan fingerprint density at radius 3 is 2.81 bits per heavy atom. The Hall–Kier alpha value is -1.60. The molecule has 0 atom stereocenters. The van der Waals surface area contributed by atoms with Crippen molar-refractivity contribution in [3.8, 4) is 5.75 Å². The van der Waals surface area contributed by atoms with Crippen molar-refractivity contribution in [2.45, 2.75) is 6.42 Å². The van der Waals surface area contributed by atoms with E-state index in [0.717, 1.165) is 5.75 Å². The summed E-state index contributed by atoms with van der Waals surface area (Å²) < 4.78 is 6.03. The van der Waals surface area contributed by atoms with Crippen LogP contribution >= 0.6 is 24.0 Å². The Balaban J connectivity index is 1.59. The van der Waals surface area contributed by atoms with Gasteiger partial charge in [-0.1, -0.05) is 42.2 Å². The first-order chi connectivity index (χ1) is 10.2. The van der Waals surface area contributed by atoms with E-state index >= 15 is 0 Å². The molecule has 21 heavy (non-hydrogen) atoms. The largest absolute Gasteiger partial charge is 0.493 e. The van der Waals surface area contributed by atoms with Gasteiger partial charge in [0.05, 0.1) is 18.8 Å². The van der Waals surface area contributed by atoms with Gasteiger partial charge >= 0.3 is 0 Å². The smallest absolute Gasteiger partial charge is 0.238 e. The molecule has 0 aliphatic carbocycles. The van der Waals surface area contributed by atoms with Gasteiger partial charge in [0.25, 0.3) is 0 Å². The Morgan fingerprint density at radius 1 is 1.38 bits per heavy atom. The van der Waals surface area contributed by atoms with Crippen LogP contribution in [0.5, 0.6) is 5.75 Å². The molecule has 1 aliphatic rings. The van der Waals surface area contributed by atoms with Crippen molar-refractivity contribution in [3.63, 3.8) is 0 Å². The van der Waals surface area contributed by atoms with E-state index in [4.69, 9.17) is 17.0 Å². The Kier molecular flexibility index (Phi) is 6.01. The highest BCUT2D eigenvalue weighted by atomic mass is 32.2. The van der Waals surface area contributed by atoms with Gasteiger partial charge in [-0.3, -0.25) is 14.5 Å². The molecule has 0 bridgehead atoms. The minimum Gasteiger partial charge on any atom is -0.493 e. The average Bonchev–Trinajstić information content (AvgIpc) is 2.80. The van der Waals surface area contributed by atoms with Crippen LogP contribution in [-0.2, 0) is 9.59 Å². The van der Waals surface area contributed by atoms with E-state index in [9.17, 15) is 9.59 Å². The van der Waals surface area contributed by atoms with E-state index in [1.807, 2.05) is 30.3 Å². The Bertz CT molecular complexity index is 506. The second kappa shape index (κ2) is 7.99. The minimum absolute atomic E-state index is 0.00617. The van der Waals surface area contributed by atoms with E-state index < -0.39 is 0 Å². The molecule has 0 spiro atoms. The van der Waals surface area contributed by atoms with Gasteiger partial charge in [-0.2, -0.15) is 0 Å². The molecular formula is C14H16N2O3S2. The number of amides is 2. The second-order valence-corrected chi connectivity index (χ2v) is 5.97.